The maximum Gasteiger partial charge on any atom is 0.332 e. The highest BCUT2D eigenvalue weighted by atomic mass is 19.1. The summed E-state index contributed by atoms with van der Waals surface area (Å²) in [6.45, 7) is 6.64. The van der Waals surface area contributed by atoms with Crippen molar-refractivity contribution in [1.82, 2.24) is 23.1 Å². The predicted molar refractivity (Wildman–Crippen MR) is 105 cm³/mol. The molecule has 0 amide bonds. The summed E-state index contributed by atoms with van der Waals surface area (Å²) in [7, 11) is 1.58. The van der Waals surface area contributed by atoms with Crippen molar-refractivity contribution in [2.24, 2.45) is 7.05 Å². The largest absolute Gasteiger partial charge is 0.332 e. The number of imidazole rings is 2. The fourth-order valence-corrected chi connectivity index (χ4v) is 3.74. The molecular weight excluding hydrogens is 361 g/mol. The number of nitrogens with zero attached hydrogens (tertiary/aromatic N) is 5. The van der Waals surface area contributed by atoms with Crippen molar-refractivity contribution in [3.8, 4) is 0 Å². The van der Waals surface area contributed by atoms with Crippen LogP contribution in [0.25, 0.3) is 16.9 Å². The van der Waals surface area contributed by atoms with Crippen LogP contribution in [0.15, 0.2) is 33.9 Å². The molecule has 0 unspecified atom stereocenters. The average molecular weight is 383 g/mol. The number of hydrogen-bond acceptors (Lipinski definition) is 3. The number of aryl methyl sites for hydroxylation is 3. The Morgan fingerprint density at radius 2 is 1.79 bits per heavy atom. The Bertz CT molecular complexity index is 1340. The van der Waals surface area contributed by atoms with E-state index < -0.39 is 17.1 Å². The fourth-order valence-electron chi connectivity index (χ4n) is 3.74. The van der Waals surface area contributed by atoms with Crippen LogP contribution >= 0.6 is 0 Å². The Morgan fingerprint density at radius 1 is 1.07 bits per heavy atom. The van der Waals surface area contributed by atoms with E-state index >= 15 is 0 Å². The molecule has 0 fully saturated rings. The highest BCUT2D eigenvalue weighted by molar-refractivity contribution is 5.76. The predicted octanol–water partition coefficient (Wildman–Crippen LogP) is 2.36. The third-order valence-corrected chi connectivity index (χ3v) is 5.36. The lowest BCUT2D eigenvalue weighted by molar-refractivity contribution is 0.582. The van der Waals surface area contributed by atoms with Gasteiger partial charge in [0.05, 0.1) is 6.54 Å². The van der Waals surface area contributed by atoms with Crippen LogP contribution < -0.4 is 11.2 Å². The van der Waals surface area contributed by atoms with Crippen molar-refractivity contribution >= 4 is 16.9 Å². The molecule has 1 aromatic carbocycles. The van der Waals surface area contributed by atoms with Crippen LogP contribution in [0.1, 0.15) is 30.3 Å². The van der Waals surface area contributed by atoms with Gasteiger partial charge in [-0.25, -0.2) is 9.18 Å². The van der Waals surface area contributed by atoms with Gasteiger partial charge in [-0.05, 0) is 26.3 Å². The number of halogens is 1. The van der Waals surface area contributed by atoms with E-state index in [4.69, 9.17) is 0 Å². The Hall–Kier alpha value is -3.16. The summed E-state index contributed by atoms with van der Waals surface area (Å²) in [4.78, 5) is 30.7. The first-order chi connectivity index (χ1) is 13.4. The molecule has 28 heavy (non-hydrogen) atoms. The minimum Gasteiger partial charge on any atom is -0.314 e. The van der Waals surface area contributed by atoms with Crippen LogP contribution in [0.3, 0.4) is 0 Å². The van der Waals surface area contributed by atoms with E-state index in [0.29, 0.717) is 22.5 Å². The lowest BCUT2D eigenvalue weighted by atomic mass is 10.2. The topological polar surface area (TPSA) is 66.2 Å². The molecule has 0 radical (unpaired) electrons. The second-order valence-corrected chi connectivity index (χ2v) is 7.07. The van der Waals surface area contributed by atoms with E-state index in [1.54, 1.807) is 29.6 Å². The van der Waals surface area contributed by atoms with Gasteiger partial charge in [0.1, 0.15) is 5.82 Å². The normalized spacial score (nSPS) is 11.8. The number of benzene rings is 1. The molecule has 0 aliphatic heterocycles. The lowest BCUT2D eigenvalue weighted by Gasteiger charge is -2.09. The zero-order chi connectivity index (χ0) is 20.2. The quantitative estimate of drug-likeness (QED) is 0.543. The van der Waals surface area contributed by atoms with E-state index in [0.717, 1.165) is 28.9 Å². The summed E-state index contributed by atoms with van der Waals surface area (Å²) in [5.41, 5.74) is 1.91. The molecule has 8 heteroatoms. The van der Waals surface area contributed by atoms with Crippen LogP contribution in [-0.2, 0) is 20.1 Å². The summed E-state index contributed by atoms with van der Waals surface area (Å²) >= 11 is 0. The summed E-state index contributed by atoms with van der Waals surface area (Å²) in [6.07, 6.45) is 0.921. The smallest absolute Gasteiger partial charge is 0.314 e. The van der Waals surface area contributed by atoms with Gasteiger partial charge in [0.25, 0.3) is 5.56 Å². The Labute approximate surface area is 160 Å². The maximum absolute atomic E-state index is 14.1. The first-order valence-corrected chi connectivity index (χ1v) is 9.27. The second kappa shape index (κ2) is 6.47. The fraction of sp³-hybridized carbons (Fsp3) is 0.350. The molecule has 0 aliphatic carbocycles. The van der Waals surface area contributed by atoms with Gasteiger partial charge in [-0.1, -0.05) is 25.1 Å². The standard InChI is InChI=1S/C20H22FN5O2/c1-5-10-24-12(2)13(3)26-16-17(22-19(24)26)23(4)20(28)25(18(16)27)11-14-8-6-7-9-15(14)21/h6-9H,5,10-11H2,1-4H3. The van der Waals surface area contributed by atoms with Crippen molar-refractivity contribution in [1.29, 1.82) is 0 Å². The average Bonchev–Trinajstić information content (AvgIpc) is 3.17. The Kier molecular flexibility index (Phi) is 4.21. The van der Waals surface area contributed by atoms with E-state index in [2.05, 4.69) is 16.5 Å². The number of rotatable bonds is 4. The molecule has 0 N–H and O–H groups in total. The van der Waals surface area contributed by atoms with Crippen molar-refractivity contribution in [2.75, 3.05) is 0 Å². The molecule has 0 spiro atoms. The third kappa shape index (κ3) is 2.44. The SMILES string of the molecule is CCCn1c(C)c(C)n2c3c(=O)n(Cc4ccccc4F)c(=O)n(C)c3nc12. The summed E-state index contributed by atoms with van der Waals surface area (Å²) < 4.78 is 20.4. The molecular formula is C20H22FN5O2. The second-order valence-electron chi connectivity index (χ2n) is 7.07. The number of fused-ring (bicyclic) bond motifs is 3. The molecule has 3 aromatic heterocycles. The summed E-state index contributed by atoms with van der Waals surface area (Å²) in [5, 5.41) is 0. The van der Waals surface area contributed by atoms with Gasteiger partial charge in [0.15, 0.2) is 11.2 Å². The van der Waals surface area contributed by atoms with Gasteiger partial charge >= 0.3 is 5.69 Å². The van der Waals surface area contributed by atoms with Crippen molar-refractivity contribution in [2.45, 2.75) is 40.3 Å². The zero-order valence-electron chi connectivity index (χ0n) is 16.4. The van der Waals surface area contributed by atoms with Crippen LogP contribution in [-0.4, -0.2) is 23.1 Å². The highest BCUT2D eigenvalue weighted by Gasteiger charge is 2.22. The number of hydrogen-bond donors (Lipinski definition) is 0. The number of aromatic nitrogens is 5. The first kappa shape index (κ1) is 18.2. The Morgan fingerprint density at radius 3 is 2.46 bits per heavy atom. The summed E-state index contributed by atoms with van der Waals surface area (Å²) in [5.74, 6) is 0.193. The maximum atomic E-state index is 14.1. The first-order valence-electron chi connectivity index (χ1n) is 9.27. The van der Waals surface area contributed by atoms with Crippen LogP contribution in [0.2, 0.25) is 0 Å². The monoisotopic (exact) mass is 383 g/mol. The lowest BCUT2D eigenvalue weighted by Crippen LogP contribution is -2.39. The van der Waals surface area contributed by atoms with Crippen molar-refractivity contribution in [3.63, 3.8) is 0 Å². The van der Waals surface area contributed by atoms with E-state index in [9.17, 15) is 14.0 Å². The Balaban J connectivity index is 2.08. The van der Waals surface area contributed by atoms with Gasteiger partial charge in [-0.2, -0.15) is 4.98 Å². The zero-order valence-corrected chi connectivity index (χ0v) is 16.4. The molecule has 0 aliphatic rings. The minimum absolute atomic E-state index is 0.130. The van der Waals surface area contributed by atoms with Gasteiger partial charge in [-0.15, -0.1) is 0 Å². The van der Waals surface area contributed by atoms with Crippen molar-refractivity contribution < 1.29 is 4.39 Å². The van der Waals surface area contributed by atoms with Gasteiger partial charge < -0.3 is 4.57 Å². The van der Waals surface area contributed by atoms with Gasteiger partial charge in [-0.3, -0.25) is 18.3 Å². The van der Waals surface area contributed by atoms with Gasteiger partial charge in [0, 0.05) is 30.5 Å². The van der Waals surface area contributed by atoms with Gasteiger partial charge in [0.2, 0.25) is 5.78 Å². The molecule has 4 aromatic rings. The molecule has 146 valence electrons. The minimum atomic E-state index is -0.516. The van der Waals surface area contributed by atoms with E-state index in [1.165, 1.54) is 10.6 Å². The third-order valence-electron chi connectivity index (χ3n) is 5.36. The molecule has 3 heterocycles. The van der Waals surface area contributed by atoms with Crippen LogP contribution in [0.5, 0.6) is 0 Å². The molecule has 0 bridgehead atoms. The summed E-state index contributed by atoms with van der Waals surface area (Å²) in [6, 6.07) is 6.15. The van der Waals surface area contributed by atoms with E-state index in [1.807, 2.05) is 13.8 Å². The molecule has 0 atom stereocenters. The van der Waals surface area contributed by atoms with E-state index in [-0.39, 0.29) is 6.54 Å². The molecule has 7 nitrogen and oxygen atoms in total. The molecule has 0 saturated carbocycles. The molecule has 0 saturated heterocycles. The highest BCUT2D eigenvalue weighted by Crippen LogP contribution is 2.21. The molecule has 4 rings (SSSR count). The van der Waals surface area contributed by atoms with Crippen LogP contribution in [0.4, 0.5) is 4.39 Å². The van der Waals surface area contributed by atoms with Crippen LogP contribution in [0, 0.1) is 19.7 Å². The van der Waals surface area contributed by atoms with Crippen molar-refractivity contribution in [3.05, 3.63) is 67.9 Å².